The number of urea groups is 1. The number of aliphatic hydroxyl groups excluding tert-OH is 1. The third-order valence-electron chi connectivity index (χ3n) is 7.24. The maximum atomic E-state index is 12.9. The number of benzene rings is 3. The zero-order valence-electron chi connectivity index (χ0n) is 23.5. The van der Waals surface area contributed by atoms with Crippen LogP contribution in [-0.2, 0) is 33.8 Å². The molecule has 1 saturated heterocycles. The minimum absolute atomic E-state index is 0.0488. The number of halogens is 2. The molecule has 1 aliphatic heterocycles. The first-order valence-electron chi connectivity index (χ1n) is 13.9. The van der Waals surface area contributed by atoms with Crippen LogP contribution < -0.4 is 10.6 Å². The summed E-state index contributed by atoms with van der Waals surface area (Å²) >= 11 is 12.4. The van der Waals surface area contributed by atoms with Crippen LogP contribution in [-0.4, -0.2) is 38.6 Å². The van der Waals surface area contributed by atoms with E-state index in [0.717, 1.165) is 16.7 Å². The fraction of sp³-hybridized carbons (Fsp3) is 0.281. The van der Waals surface area contributed by atoms with Crippen molar-refractivity contribution in [3.63, 3.8) is 0 Å². The van der Waals surface area contributed by atoms with Gasteiger partial charge in [-0.3, -0.25) is 4.79 Å². The number of imidazole rings is 1. The van der Waals surface area contributed by atoms with Crippen LogP contribution in [0.1, 0.15) is 48.0 Å². The largest absolute Gasteiger partial charge is 0.392 e. The van der Waals surface area contributed by atoms with E-state index in [0.29, 0.717) is 35.8 Å². The Balaban J connectivity index is 1.32. The highest BCUT2D eigenvalue weighted by Gasteiger charge is 2.33. The third-order valence-corrected chi connectivity index (χ3v) is 8.01. The number of carbonyl (C=O) groups is 2. The van der Waals surface area contributed by atoms with Gasteiger partial charge in [0.15, 0.2) is 17.2 Å². The van der Waals surface area contributed by atoms with Crippen LogP contribution in [0.15, 0.2) is 85.2 Å². The van der Waals surface area contributed by atoms with E-state index < -0.39 is 18.4 Å². The number of rotatable bonds is 10. The molecular weight excluding hydrogens is 591 g/mol. The number of hydrogen-bond donors (Lipinski definition) is 3. The lowest BCUT2D eigenvalue weighted by Crippen LogP contribution is -2.43. The summed E-state index contributed by atoms with van der Waals surface area (Å²) in [7, 11) is 0. The molecule has 1 aromatic heterocycles. The molecule has 0 radical (unpaired) electrons. The minimum Gasteiger partial charge on any atom is -0.392 e. The molecule has 0 saturated carbocycles. The molecule has 3 N–H and O–H groups in total. The third kappa shape index (κ3) is 8.01. The topological polar surface area (TPSA) is 115 Å². The Hall–Kier alpha value is -3.73. The van der Waals surface area contributed by atoms with Crippen molar-refractivity contribution in [3.8, 4) is 0 Å². The highest BCUT2D eigenvalue weighted by Crippen LogP contribution is 2.39. The molecule has 43 heavy (non-hydrogen) atoms. The number of amides is 2. The number of anilines is 1. The fourth-order valence-corrected chi connectivity index (χ4v) is 5.27. The second-order valence-electron chi connectivity index (χ2n) is 10.4. The molecule has 2 heterocycles. The first-order chi connectivity index (χ1) is 20.8. The minimum atomic E-state index is -0.758. The highest BCUT2D eigenvalue weighted by molar-refractivity contribution is 6.40. The predicted octanol–water partition coefficient (Wildman–Crippen LogP) is 6.25. The summed E-state index contributed by atoms with van der Waals surface area (Å²) in [6.45, 7) is 1.81. The second-order valence-corrected chi connectivity index (χ2v) is 11.1. The standard InChI is InChI=1S/C32H32Cl2N4O5/c1-20(40)27(14-21-6-3-2-4-7-21)37-32(41)36-25-9-5-8-24(15-25)31-42-26(17-38-19-35-29(33)30(38)34)16-28(43-31)23-12-10-22(18-39)11-13-23/h2-13,15,19,26-28,31,39H,14,16-18H2,1H3,(H2,36,37,41). The number of nitrogens with zero attached hydrogens (tertiary/aromatic N) is 2. The van der Waals surface area contributed by atoms with Gasteiger partial charge in [0.2, 0.25) is 0 Å². The molecule has 11 heteroatoms. The summed E-state index contributed by atoms with van der Waals surface area (Å²) in [5, 5.41) is 15.6. The number of carbonyl (C=O) groups excluding carboxylic acids is 2. The number of hydrogen-bond acceptors (Lipinski definition) is 6. The van der Waals surface area contributed by atoms with E-state index in [4.69, 9.17) is 32.7 Å². The first-order valence-corrected chi connectivity index (χ1v) is 14.6. The van der Waals surface area contributed by atoms with Crippen LogP contribution >= 0.6 is 23.2 Å². The second kappa shape index (κ2) is 14.2. The predicted molar refractivity (Wildman–Crippen MR) is 164 cm³/mol. The first kappa shape index (κ1) is 30.7. The van der Waals surface area contributed by atoms with Crippen molar-refractivity contribution < 1.29 is 24.2 Å². The number of aromatic nitrogens is 2. The Kier molecular flexibility index (Phi) is 10.1. The molecule has 3 aromatic carbocycles. The van der Waals surface area contributed by atoms with E-state index in [9.17, 15) is 14.7 Å². The van der Waals surface area contributed by atoms with Crippen molar-refractivity contribution in [1.29, 1.82) is 0 Å². The maximum Gasteiger partial charge on any atom is 0.319 e. The summed E-state index contributed by atoms with van der Waals surface area (Å²) in [6.07, 6.45) is 1.11. The molecule has 2 amide bonds. The van der Waals surface area contributed by atoms with Crippen molar-refractivity contribution in [2.45, 2.75) is 57.5 Å². The van der Waals surface area contributed by atoms with E-state index in [-0.39, 0.29) is 29.8 Å². The van der Waals surface area contributed by atoms with E-state index >= 15 is 0 Å². The van der Waals surface area contributed by atoms with Crippen LogP contribution in [0, 0.1) is 0 Å². The molecule has 0 aliphatic carbocycles. The molecule has 0 spiro atoms. The van der Waals surface area contributed by atoms with Gasteiger partial charge in [-0.1, -0.05) is 89.9 Å². The molecular formula is C32H32Cl2N4O5. The number of ether oxygens (including phenoxy) is 2. The Morgan fingerprint density at radius 3 is 2.44 bits per heavy atom. The van der Waals surface area contributed by atoms with E-state index in [1.54, 1.807) is 29.1 Å². The van der Waals surface area contributed by atoms with Crippen LogP contribution in [0.3, 0.4) is 0 Å². The van der Waals surface area contributed by atoms with Crippen molar-refractivity contribution in [3.05, 3.63) is 118 Å². The Labute approximate surface area is 259 Å². The average molecular weight is 624 g/mol. The van der Waals surface area contributed by atoms with Crippen LogP contribution in [0.2, 0.25) is 10.3 Å². The lowest BCUT2D eigenvalue weighted by molar-refractivity contribution is -0.252. The van der Waals surface area contributed by atoms with E-state index in [1.165, 1.54) is 6.92 Å². The van der Waals surface area contributed by atoms with Crippen molar-refractivity contribution in [2.75, 3.05) is 5.32 Å². The molecule has 0 bridgehead atoms. The van der Waals surface area contributed by atoms with Gasteiger partial charge in [-0.25, -0.2) is 9.78 Å². The van der Waals surface area contributed by atoms with Gasteiger partial charge >= 0.3 is 6.03 Å². The zero-order chi connectivity index (χ0) is 30.3. The highest BCUT2D eigenvalue weighted by atomic mass is 35.5. The SMILES string of the molecule is CC(=O)C(Cc1ccccc1)NC(=O)Nc1cccc(C2OC(Cn3cnc(Cl)c3Cl)CC(c3ccc(CO)cc3)O2)c1. The molecule has 4 atom stereocenters. The molecule has 224 valence electrons. The van der Waals surface area contributed by atoms with Gasteiger partial charge < -0.3 is 29.8 Å². The normalized spacial score (nSPS) is 19.0. The molecule has 5 rings (SSSR count). The quantitative estimate of drug-likeness (QED) is 0.193. The van der Waals surface area contributed by atoms with Gasteiger partial charge in [0.05, 0.1) is 37.7 Å². The Morgan fingerprint density at radius 2 is 1.77 bits per heavy atom. The summed E-state index contributed by atoms with van der Waals surface area (Å²) in [4.78, 5) is 29.2. The number of aliphatic hydroxyl groups is 1. The van der Waals surface area contributed by atoms with Crippen molar-refractivity contribution in [1.82, 2.24) is 14.9 Å². The molecule has 1 fully saturated rings. The summed E-state index contributed by atoms with van der Waals surface area (Å²) in [5.74, 6) is -0.139. The van der Waals surface area contributed by atoms with Gasteiger partial charge in [-0.2, -0.15) is 0 Å². The van der Waals surface area contributed by atoms with Gasteiger partial charge in [-0.05, 0) is 42.2 Å². The monoisotopic (exact) mass is 622 g/mol. The lowest BCUT2D eigenvalue weighted by Gasteiger charge is -2.36. The summed E-state index contributed by atoms with van der Waals surface area (Å²) in [5.41, 5.74) is 3.90. The lowest BCUT2D eigenvalue weighted by atomic mass is 10.00. The fourth-order valence-electron chi connectivity index (χ4n) is 4.96. The van der Waals surface area contributed by atoms with Crippen molar-refractivity contribution in [2.24, 2.45) is 0 Å². The molecule has 4 aromatic rings. The van der Waals surface area contributed by atoms with Crippen LogP contribution in [0.25, 0.3) is 0 Å². The van der Waals surface area contributed by atoms with Crippen molar-refractivity contribution >= 4 is 40.7 Å². The van der Waals surface area contributed by atoms with Gasteiger partial charge in [0, 0.05) is 17.7 Å². The smallest absolute Gasteiger partial charge is 0.319 e. The van der Waals surface area contributed by atoms with Gasteiger partial charge in [-0.15, -0.1) is 0 Å². The molecule has 1 aliphatic rings. The number of Topliss-reactive ketones (excluding diaryl/α,β-unsaturated/α-hetero) is 1. The van der Waals surface area contributed by atoms with E-state index in [1.807, 2.05) is 60.7 Å². The average Bonchev–Trinajstić information content (AvgIpc) is 3.33. The molecule has 9 nitrogen and oxygen atoms in total. The maximum absolute atomic E-state index is 12.9. The van der Waals surface area contributed by atoms with Crippen LogP contribution in [0.4, 0.5) is 10.5 Å². The Bertz CT molecular complexity index is 1550. The van der Waals surface area contributed by atoms with Gasteiger partial charge in [0.1, 0.15) is 5.15 Å². The van der Waals surface area contributed by atoms with Gasteiger partial charge in [0.25, 0.3) is 0 Å². The summed E-state index contributed by atoms with van der Waals surface area (Å²) in [6, 6.07) is 23.1. The molecule has 4 unspecified atom stereocenters. The number of nitrogens with one attached hydrogen (secondary N) is 2. The Morgan fingerprint density at radius 1 is 1.00 bits per heavy atom. The van der Waals surface area contributed by atoms with Crippen LogP contribution in [0.5, 0.6) is 0 Å². The zero-order valence-corrected chi connectivity index (χ0v) is 25.0. The number of ketones is 1. The summed E-state index contributed by atoms with van der Waals surface area (Å²) < 4.78 is 14.5. The van der Waals surface area contributed by atoms with E-state index in [2.05, 4.69) is 15.6 Å².